The summed E-state index contributed by atoms with van der Waals surface area (Å²) in [5.74, 6) is 0.174. The molecule has 0 amide bonds. The molecule has 0 bridgehead atoms. The van der Waals surface area contributed by atoms with E-state index in [1.54, 1.807) is 6.07 Å². The average molecular weight is 358 g/mol. The van der Waals surface area contributed by atoms with Crippen molar-refractivity contribution in [3.8, 4) is 0 Å². The van der Waals surface area contributed by atoms with Crippen LogP contribution in [-0.2, 0) is 21.1 Å². The van der Waals surface area contributed by atoms with Gasteiger partial charge in [-0.15, -0.1) is 30.3 Å². The van der Waals surface area contributed by atoms with Crippen molar-refractivity contribution in [3.63, 3.8) is 0 Å². The molecule has 0 heterocycles. The average Bonchev–Trinajstić information content (AvgIpc) is 2.03. The Hall–Kier alpha value is -0.622. The second-order valence-electron chi connectivity index (χ2n) is 4.00. The molecule has 0 aliphatic rings. The van der Waals surface area contributed by atoms with Gasteiger partial charge in [0, 0.05) is 0 Å². The molecule has 3 heteroatoms. The van der Waals surface area contributed by atoms with Crippen LogP contribution in [0.5, 0.6) is 0 Å². The van der Waals surface area contributed by atoms with E-state index in [0.29, 0.717) is 5.56 Å². The van der Waals surface area contributed by atoms with Crippen molar-refractivity contribution in [2.75, 3.05) is 0 Å². The predicted octanol–water partition coefficient (Wildman–Crippen LogP) is 2.19. The van der Waals surface area contributed by atoms with Crippen LogP contribution in [0.3, 0.4) is 0 Å². The summed E-state index contributed by atoms with van der Waals surface area (Å²) in [5.41, 5.74) is 0.561. The van der Waals surface area contributed by atoms with Crippen LogP contribution >= 0.6 is 0 Å². The molecule has 14 heavy (non-hydrogen) atoms. The van der Waals surface area contributed by atoms with Gasteiger partial charge in [-0.1, -0.05) is 20.8 Å². The van der Waals surface area contributed by atoms with Gasteiger partial charge in [0.2, 0.25) is 0 Å². The Labute approximate surface area is 99.9 Å². The molecular weight excluding hydrogens is 344 g/mol. The maximum Gasteiger partial charge on any atom is 2.00 e. The Morgan fingerprint density at radius 2 is 2.00 bits per heavy atom. The smallest absolute Gasteiger partial charge is 0.521 e. The minimum atomic E-state index is -0.131. The zero-order chi connectivity index (χ0) is 9.90. The Balaban J connectivity index is 0.00000169. The molecule has 1 aromatic carbocycles. The first kappa shape index (κ1) is 13.4. The van der Waals surface area contributed by atoms with E-state index in [4.69, 9.17) is 0 Å². The maximum absolute atomic E-state index is 9.63. The fourth-order valence-corrected chi connectivity index (χ4v) is 0.963. The first-order valence-electron chi connectivity index (χ1n) is 4.30. The standard InChI is InChI=1S/C11H14N2.W/c1-11(2,3)13-10(12)9-7-5-4-6-8-9;/h4-7H,1-3H3,(H-,12,13);/q-2;+2. The van der Waals surface area contributed by atoms with Crippen LogP contribution in [0.25, 0.3) is 5.41 Å². The van der Waals surface area contributed by atoms with Crippen molar-refractivity contribution >= 4 is 5.84 Å². The Morgan fingerprint density at radius 3 is 2.43 bits per heavy atom. The second kappa shape index (κ2) is 5.31. The Morgan fingerprint density at radius 1 is 1.36 bits per heavy atom. The van der Waals surface area contributed by atoms with E-state index in [1.807, 2.05) is 39.0 Å². The molecule has 0 aliphatic heterocycles. The topological polar surface area (TPSA) is 34.3 Å². The van der Waals surface area contributed by atoms with Gasteiger partial charge in [-0.3, -0.25) is 0 Å². The van der Waals surface area contributed by atoms with Crippen molar-refractivity contribution in [1.82, 2.24) is 5.32 Å². The molecule has 0 radical (unpaired) electrons. The summed E-state index contributed by atoms with van der Waals surface area (Å²) < 4.78 is 0. The van der Waals surface area contributed by atoms with Gasteiger partial charge in [-0.05, 0) is 5.54 Å². The quantitative estimate of drug-likeness (QED) is 0.466. The van der Waals surface area contributed by atoms with Crippen LogP contribution in [0, 0.1) is 6.07 Å². The molecule has 2 nitrogen and oxygen atoms in total. The van der Waals surface area contributed by atoms with Crippen LogP contribution in [-0.4, -0.2) is 11.4 Å². The number of hydrogen-bond acceptors (Lipinski definition) is 0. The molecule has 0 atom stereocenters. The predicted molar refractivity (Wildman–Crippen MR) is 55.6 cm³/mol. The zero-order valence-corrected chi connectivity index (χ0v) is 11.6. The van der Waals surface area contributed by atoms with Gasteiger partial charge in [0.25, 0.3) is 0 Å². The van der Waals surface area contributed by atoms with Gasteiger partial charge in [-0.25, -0.2) is 0 Å². The summed E-state index contributed by atoms with van der Waals surface area (Å²) in [6.45, 7) is 5.98. The SMILES string of the molecule is CC(C)(C)NC(=[N-])c1[c-]cccc1.[W+2]. The molecule has 1 aromatic rings. The molecule has 0 spiro atoms. The van der Waals surface area contributed by atoms with Crippen molar-refractivity contribution in [3.05, 3.63) is 41.3 Å². The van der Waals surface area contributed by atoms with Crippen LogP contribution in [0.2, 0.25) is 0 Å². The molecule has 1 rings (SSSR count). The molecule has 0 fully saturated rings. The third-order valence-corrected chi connectivity index (χ3v) is 1.46. The van der Waals surface area contributed by atoms with Crippen molar-refractivity contribution in [1.29, 1.82) is 0 Å². The first-order valence-corrected chi connectivity index (χ1v) is 4.30. The van der Waals surface area contributed by atoms with Gasteiger partial charge >= 0.3 is 21.1 Å². The number of hydrogen-bond donors (Lipinski definition) is 1. The van der Waals surface area contributed by atoms with Gasteiger partial charge in [0.15, 0.2) is 0 Å². The summed E-state index contributed by atoms with van der Waals surface area (Å²) >= 11 is 0. The third kappa shape index (κ3) is 4.57. The fraction of sp³-hybridized carbons (Fsp3) is 0.364. The van der Waals surface area contributed by atoms with E-state index in [2.05, 4.69) is 11.4 Å². The monoisotopic (exact) mass is 358 g/mol. The van der Waals surface area contributed by atoms with Crippen molar-refractivity contribution in [2.45, 2.75) is 26.3 Å². The van der Waals surface area contributed by atoms with Crippen molar-refractivity contribution < 1.29 is 21.1 Å². The summed E-state index contributed by atoms with van der Waals surface area (Å²) in [6, 6.07) is 10.3. The summed E-state index contributed by atoms with van der Waals surface area (Å²) in [6.07, 6.45) is 0. The molecule has 0 aliphatic carbocycles. The second-order valence-corrected chi connectivity index (χ2v) is 4.00. The first-order chi connectivity index (χ1) is 5.99. The summed E-state index contributed by atoms with van der Waals surface area (Å²) in [5, 5.41) is 12.6. The molecule has 0 unspecified atom stereocenters. The number of rotatable bonds is 1. The van der Waals surface area contributed by atoms with Crippen LogP contribution < -0.4 is 5.32 Å². The fourth-order valence-electron chi connectivity index (χ4n) is 0.963. The van der Waals surface area contributed by atoms with Crippen molar-refractivity contribution in [2.24, 2.45) is 0 Å². The summed E-state index contributed by atoms with van der Waals surface area (Å²) in [4.78, 5) is 0. The normalized spacial score (nSPS) is 10.2. The van der Waals surface area contributed by atoms with Gasteiger partial charge in [0.05, 0.1) is 0 Å². The molecular formula is C11H14N2W. The minimum Gasteiger partial charge on any atom is -0.521 e. The van der Waals surface area contributed by atoms with E-state index in [9.17, 15) is 5.41 Å². The summed E-state index contributed by atoms with van der Waals surface area (Å²) in [7, 11) is 0. The van der Waals surface area contributed by atoms with E-state index >= 15 is 0 Å². The van der Waals surface area contributed by atoms with Gasteiger partial charge in [0.1, 0.15) is 0 Å². The number of nitrogens with zero attached hydrogens (tertiary/aromatic N) is 1. The maximum atomic E-state index is 9.63. The third-order valence-electron chi connectivity index (χ3n) is 1.46. The molecule has 0 saturated carbocycles. The van der Waals surface area contributed by atoms with Crippen LogP contribution in [0.15, 0.2) is 24.3 Å². The molecule has 1 N–H and O–H groups in total. The van der Waals surface area contributed by atoms with E-state index in [0.717, 1.165) is 0 Å². The van der Waals surface area contributed by atoms with Gasteiger partial charge in [-0.2, -0.15) is 11.4 Å². The molecule has 0 aromatic heterocycles. The number of nitrogens with one attached hydrogen (secondary N) is 1. The van der Waals surface area contributed by atoms with Crippen LogP contribution in [0.1, 0.15) is 26.3 Å². The van der Waals surface area contributed by atoms with Gasteiger partial charge < -0.3 is 10.7 Å². The van der Waals surface area contributed by atoms with E-state index in [-0.39, 0.29) is 32.4 Å². The zero-order valence-electron chi connectivity index (χ0n) is 8.66. The minimum absolute atomic E-state index is 0. The number of benzene rings is 1. The van der Waals surface area contributed by atoms with Crippen LogP contribution in [0.4, 0.5) is 0 Å². The van der Waals surface area contributed by atoms with E-state index < -0.39 is 0 Å². The largest absolute Gasteiger partial charge is 2.00 e. The molecule has 74 valence electrons. The Bertz CT molecular complexity index is 288. The molecule has 0 saturated heterocycles. The Kier molecular flexibility index (Phi) is 5.07. The van der Waals surface area contributed by atoms with E-state index in [1.165, 1.54) is 0 Å². The number of amidine groups is 1.